The zero-order chi connectivity index (χ0) is 11.8. The van der Waals surface area contributed by atoms with Gasteiger partial charge in [0.25, 0.3) is 0 Å². The minimum Gasteiger partial charge on any atom is -0.377 e. The molecule has 0 aromatic carbocycles. The normalized spacial score (nSPS) is 16.4. The SMILES string of the molecule is CC(C)n1ncc2cc(NC3COC3)cnc21. The van der Waals surface area contributed by atoms with Crippen LogP contribution >= 0.6 is 0 Å². The lowest BCUT2D eigenvalue weighted by Crippen LogP contribution is -2.40. The lowest BCUT2D eigenvalue weighted by molar-refractivity contribution is 0.0211. The first-order chi connectivity index (χ1) is 8.24. The summed E-state index contributed by atoms with van der Waals surface area (Å²) in [6.07, 6.45) is 3.73. The first kappa shape index (κ1) is 10.5. The van der Waals surface area contributed by atoms with Gasteiger partial charge in [-0.1, -0.05) is 0 Å². The monoisotopic (exact) mass is 232 g/mol. The van der Waals surface area contributed by atoms with E-state index >= 15 is 0 Å². The molecule has 2 aromatic heterocycles. The molecule has 0 atom stereocenters. The number of hydrogen-bond donors (Lipinski definition) is 1. The number of nitrogens with zero attached hydrogens (tertiary/aromatic N) is 3. The van der Waals surface area contributed by atoms with Crippen molar-refractivity contribution in [3.63, 3.8) is 0 Å². The lowest BCUT2D eigenvalue weighted by atomic mass is 10.2. The molecule has 1 aliphatic heterocycles. The number of aromatic nitrogens is 3. The van der Waals surface area contributed by atoms with E-state index in [1.807, 2.05) is 17.1 Å². The Labute approximate surface area is 99.8 Å². The van der Waals surface area contributed by atoms with Gasteiger partial charge in [0.1, 0.15) is 0 Å². The quantitative estimate of drug-likeness (QED) is 0.877. The summed E-state index contributed by atoms with van der Waals surface area (Å²) in [6, 6.07) is 2.85. The maximum atomic E-state index is 5.13. The van der Waals surface area contributed by atoms with Crippen LogP contribution in [0.15, 0.2) is 18.5 Å². The molecular formula is C12H16N4O. The van der Waals surface area contributed by atoms with Crippen molar-refractivity contribution in [1.29, 1.82) is 0 Å². The maximum absolute atomic E-state index is 5.13. The summed E-state index contributed by atoms with van der Waals surface area (Å²) in [5, 5.41) is 8.81. The molecule has 3 heterocycles. The second-order valence-electron chi connectivity index (χ2n) is 4.70. The molecule has 3 rings (SSSR count). The van der Waals surface area contributed by atoms with E-state index in [1.165, 1.54) is 0 Å². The Morgan fingerprint density at radius 1 is 1.41 bits per heavy atom. The largest absolute Gasteiger partial charge is 0.377 e. The molecule has 1 aliphatic rings. The number of hydrogen-bond acceptors (Lipinski definition) is 4. The van der Waals surface area contributed by atoms with Gasteiger partial charge in [0.2, 0.25) is 0 Å². The van der Waals surface area contributed by atoms with E-state index in [9.17, 15) is 0 Å². The summed E-state index contributed by atoms with van der Waals surface area (Å²) in [7, 11) is 0. The third-order valence-electron chi connectivity index (χ3n) is 2.93. The zero-order valence-electron chi connectivity index (χ0n) is 10.1. The highest BCUT2D eigenvalue weighted by molar-refractivity contribution is 5.78. The van der Waals surface area contributed by atoms with Crippen molar-refractivity contribution in [2.45, 2.75) is 25.9 Å². The smallest absolute Gasteiger partial charge is 0.158 e. The zero-order valence-corrected chi connectivity index (χ0v) is 10.1. The van der Waals surface area contributed by atoms with E-state index in [1.54, 1.807) is 0 Å². The van der Waals surface area contributed by atoms with Crippen molar-refractivity contribution in [3.8, 4) is 0 Å². The number of pyridine rings is 1. The third kappa shape index (κ3) is 1.86. The summed E-state index contributed by atoms with van der Waals surface area (Å²) >= 11 is 0. The van der Waals surface area contributed by atoms with Gasteiger partial charge in [-0.3, -0.25) is 0 Å². The van der Waals surface area contributed by atoms with Gasteiger partial charge in [-0.25, -0.2) is 9.67 Å². The van der Waals surface area contributed by atoms with E-state index < -0.39 is 0 Å². The van der Waals surface area contributed by atoms with Crippen LogP contribution in [-0.4, -0.2) is 34.0 Å². The molecule has 1 fully saturated rings. The third-order valence-corrected chi connectivity index (χ3v) is 2.93. The maximum Gasteiger partial charge on any atom is 0.158 e. The Morgan fingerprint density at radius 2 is 2.24 bits per heavy atom. The van der Waals surface area contributed by atoms with Crippen LogP contribution in [0.2, 0.25) is 0 Å². The Bertz CT molecular complexity index is 530. The second-order valence-corrected chi connectivity index (χ2v) is 4.70. The van der Waals surface area contributed by atoms with Crippen molar-refractivity contribution in [3.05, 3.63) is 18.5 Å². The van der Waals surface area contributed by atoms with Crippen LogP contribution in [0.3, 0.4) is 0 Å². The van der Waals surface area contributed by atoms with Gasteiger partial charge < -0.3 is 10.1 Å². The molecule has 0 radical (unpaired) electrons. The van der Waals surface area contributed by atoms with E-state index in [-0.39, 0.29) is 0 Å². The second kappa shape index (κ2) is 4.00. The summed E-state index contributed by atoms with van der Waals surface area (Å²) in [6.45, 7) is 5.77. The number of nitrogens with one attached hydrogen (secondary N) is 1. The average molecular weight is 232 g/mol. The fraction of sp³-hybridized carbons (Fsp3) is 0.500. The highest BCUT2D eigenvalue weighted by Crippen LogP contribution is 2.20. The van der Waals surface area contributed by atoms with Crippen LogP contribution < -0.4 is 5.32 Å². The summed E-state index contributed by atoms with van der Waals surface area (Å²) < 4.78 is 7.07. The van der Waals surface area contributed by atoms with Gasteiger partial charge in [0, 0.05) is 11.4 Å². The minimum absolute atomic E-state index is 0.332. The molecule has 2 aromatic rings. The number of fused-ring (bicyclic) bond motifs is 1. The molecule has 17 heavy (non-hydrogen) atoms. The molecule has 5 heteroatoms. The Kier molecular flexibility index (Phi) is 2.48. The topological polar surface area (TPSA) is 52.0 Å². The number of ether oxygens (including phenoxy) is 1. The highest BCUT2D eigenvalue weighted by atomic mass is 16.5. The molecular weight excluding hydrogens is 216 g/mol. The number of rotatable bonds is 3. The van der Waals surface area contributed by atoms with Gasteiger partial charge in [-0.2, -0.15) is 5.10 Å². The molecule has 0 amide bonds. The molecule has 1 saturated heterocycles. The van der Waals surface area contributed by atoms with Crippen molar-refractivity contribution >= 4 is 16.7 Å². The van der Waals surface area contributed by atoms with Gasteiger partial charge in [-0.05, 0) is 19.9 Å². The van der Waals surface area contributed by atoms with Crippen LogP contribution in [0.5, 0.6) is 0 Å². The van der Waals surface area contributed by atoms with Crippen LogP contribution in [-0.2, 0) is 4.74 Å². The molecule has 5 nitrogen and oxygen atoms in total. The highest BCUT2D eigenvalue weighted by Gasteiger charge is 2.18. The molecule has 0 aliphatic carbocycles. The predicted octanol–water partition coefficient (Wildman–Crippen LogP) is 1.82. The van der Waals surface area contributed by atoms with E-state index in [0.29, 0.717) is 12.1 Å². The molecule has 1 N–H and O–H groups in total. The fourth-order valence-electron chi connectivity index (χ4n) is 1.95. The lowest BCUT2D eigenvalue weighted by Gasteiger charge is -2.27. The first-order valence-electron chi connectivity index (χ1n) is 5.91. The minimum atomic E-state index is 0.332. The van der Waals surface area contributed by atoms with Gasteiger partial charge in [0.15, 0.2) is 5.65 Å². The van der Waals surface area contributed by atoms with Gasteiger partial charge in [0.05, 0.1) is 37.3 Å². The van der Waals surface area contributed by atoms with Gasteiger partial charge in [-0.15, -0.1) is 0 Å². The summed E-state index contributed by atoms with van der Waals surface area (Å²) in [4.78, 5) is 4.47. The van der Waals surface area contributed by atoms with Crippen LogP contribution in [0.4, 0.5) is 5.69 Å². The van der Waals surface area contributed by atoms with Crippen molar-refractivity contribution in [1.82, 2.24) is 14.8 Å². The molecule has 0 bridgehead atoms. The van der Waals surface area contributed by atoms with E-state index in [2.05, 4.69) is 35.3 Å². The predicted molar refractivity (Wildman–Crippen MR) is 66.1 cm³/mol. The van der Waals surface area contributed by atoms with Crippen molar-refractivity contribution in [2.24, 2.45) is 0 Å². The average Bonchev–Trinajstić information content (AvgIpc) is 2.66. The molecule has 90 valence electrons. The van der Waals surface area contributed by atoms with Crippen molar-refractivity contribution < 1.29 is 4.74 Å². The van der Waals surface area contributed by atoms with Crippen LogP contribution in [0.25, 0.3) is 11.0 Å². The van der Waals surface area contributed by atoms with E-state index in [4.69, 9.17) is 4.74 Å². The van der Waals surface area contributed by atoms with Crippen LogP contribution in [0.1, 0.15) is 19.9 Å². The Morgan fingerprint density at radius 3 is 2.88 bits per heavy atom. The van der Waals surface area contributed by atoms with Gasteiger partial charge >= 0.3 is 0 Å². The molecule has 0 saturated carbocycles. The number of anilines is 1. The molecule has 0 spiro atoms. The Hall–Kier alpha value is -1.62. The first-order valence-corrected chi connectivity index (χ1v) is 5.91. The summed E-state index contributed by atoms with van der Waals surface area (Å²) in [5.41, 5.74) is 1.98. The standard InChI is InChI=1S/C12H16N4O/c1-8(2)16-12-9(4-14-16)3-10(5-13-12)15-11-6-17-7-11/h3-5,8,11,15H,6-7H2,1-2H3. The molecule has 0 unspecified atom stereocenters. The Balaban J connectivity index is 1.91. The van der Waals surface area contributed by atoms with E-state index in [0.717, 1.165) is 29.9 Å². The van der Waals surface area contributed by atoms with Crippen molar-refractivity contribution in [2.75, 3.05) is 18.5 Å². The fourth-order valence-corrected chi connectivity index (χ4v) is 1.95. The van der Waals surface area contributed by atoms with Crippen LogP contribution in [0, 0.1) is 0 Å². The summed E-state index contributed by atoms with van der Waals surface area (Å²) in [5.74, 6) is 0.